The Morgan fingerprint density at radius 1 is 1.36 bits per heavy atom. The Morgan fingerprint density at radius 2 is 2.08 bits per heavy atom. The van der Waals surface area contributed by atoms with Crippen LogP contribution < -0.4 is 10.1 Å². The fourth-order valence-corrected chi connectivity index (χ4v) is 2.13. The van der Waals surface area contributed by atoms with Crippen molar-refractivity contribution in [1.82, 2.24) is 20.4 Å². The van der Waals surface area contributed by atoms with Crippen molar-refractivity contribution >= 4 is 5.91 Å². The van der Waals surface area contributed by atoms with Gasteiger partial charge in [-0.05, 0) is 44.7 Å². The van der Waals surface area contributed by atoms with Crippen LogP contribution in [0.15, 0.2) is 28.8 Å². The van der Waals surface area contributed by atoms with Gasteiger partial charge in [0, 0.05) is 6.04 Å². The molecule has 0 aliphatic heterocycles. The summed E-state index contributed by atoms with van der Waals surface area (Å²) in [7, 11) is 0. The number of carbonyl (C=O) groups excluding carboxylic acids is 1. The molecule has 0 saturated carbocycles. The summed E-state index contributed by atoms with van der Waals surface area (Å²) in [5.74, 6) is 0.957. The Balaban J connectivity index is 1.84. The lowest BCUT2D eigenvalue weighted by molar-refractivity contribution is -0.122. The van der Waals surface area contributed by atoms with Gasteiger partial charge in [0.2, 0.25) is 17.6 Å². The number of likely N-dealkylation sites (N-methyl/N-ethyl adjacent to an activating group) is 1. The first-order valence-corrected chi connectivity index (χ1v) is 8.17. The van der Waals surface area contributed by atoms with Crippen molar-refractivity contribution < 1.29 is 18.4 Å². The molecule has 7 nitrogen and oxygen atoms in total. The van der Waals surface area contributed by atoms with Gasteiger partial charge in [0.05, 0.1) is 13.1 Å². The number of nitrogens with zero attached hydrogens (tertiary/aromatic N) is 3. The highest BCUT2D eigenvalue weighted by Crippen LogP contribution is 2.13. The number of amides is 1. The van der Waals surface area contributed by atoms with Crippen LogP contribution in [0.4, 0.5) is 4.39 Å². The molecule has 1 aromatic heterocycles. The van der Waals surface area contributed by atoms with E-state index in [1.807, 2.05) is 25.7 Å². The molecule has 8 heteroatoms. The Bertz CT molecular complexity index is 673. The van der Waals surface area contributed by atoms with E-state index in [2.05, 4.69) is 15.5 Å². The first-order chi connectivity index (χ1) is 12.0. The molecule has 1 aromatic carbocycles. The van der Waals surface area contributed by atoms with Crippen molar-refractivity contribution in [3.05, 3.63) is 41.8 Å². The summed E-state index contributed by atoms with van der Waals surface area (Å²) in [6.45, 7) is 7.23. The maximum absolute atomic E-state index is 12.8. The van der Waals surface area contributed by atoms with Gasteiger partial charge in [0.15, 0.2) is 6.61 Å². The summed E-state index contributed by atoms with van der Waals surface area (Å²) >= 11 is 0. The predicted molar refractivity (Wildman–Crippen MR) is 89.3 cm³/mol. The number of halogens is 1. The average molecular weight is 350 g/mol. The largest absolute Gasteiger partial charge is 0.485 e. The van der Waals surface area contributed by atoms with Crippen LogP contribution in [0.25, 0.3) is 0 Å². The quantitative estimate of drug-likeness (QED) is 0.746. The van der Waals surface area contributed by atoms with Crippen molar-refractivity contribution in [2.24, 2.45) is 0 Å². The molecule has 0 aliphatic rings. The standard InChI is InChI=1S/C17H23FN4O3/c1-4-22(9-16(23)19-12(2)3)10-17-20-15(21-25-17)11-24-14-7-5-13(18)6-8-14/h5-8,12H,4,9-11H2,1-3H3,(H,19,23). The minimum atomic E-state index is -0.324. The van der Waals surface area contributed by atoms with Crippen LogP contribution in [0.1, 0.15) is 32.5 Å². The molecule has 1 N–H and O–H groups in total. The van der Waals surface area contributed by atoms with Crippen LogP contribution in [0.3, 0.4) is 0 Å². The van der Waals surface area contributed by atoms with Gasteiger partial charge in [-0.25, -0.2) is 4.39 Å². The molecule has 1 heterocycles. The van der Waals surface area contributed by atoms with Crippen molar-refractivity contribution in [3.63, 3.8) is 0 Å². The van der Waals surface area contributed by atoms with Crippen LogP contribution in [-0.2, 0) is 17.9 Å². The third-order valence-corrected chi connectivity index (χ3v) is 3.31. The van der Waals surface area contributed by atoms with E-state index in [-0.39, 0.29) is 30.9 Å². The van der Waals surface area contributed by atoms with E-state index in [1.54, 1.807) is 0 Å². The van der Waals surface area contributed by atoms with Crippen LogP contribution in [0.2, 0.25) is 0 Å². The van der Waals surface area contributed by atoms with E-state index in [0.717, 1.165) is 0 Å². The molecule has 0 saturated heterocycles. The molecule has 0 fully saturated rings. The molecule has 0 unspecified atom stereocenters. The maximum atomic E-state index is 12.8. The van der Waals surface area contributed by atoms with Gasteiger partial charge in [-0.3, -0.25) is 9.69 Å². The van der Waals surface area contributed by atoms with Crippen molar-refractivity contribution in [2.45, 2.75) is 40.0 Å². The van der Waals surface area contributed by atoms with Gasteiger partial charge >= 0.3 is 0 Å². The summed E-state index contributed by atoms with van der Waals surface area (Å²) < 4.78 is 23.5. The first kappa shape index (κ1) is 18.9. The summed E-state index contributed by atoms with van der Waals surface area (Å²) in [4.78, 5) is 18.0. The summed E-state index contributed by atoms with van der Waals surface area (Å²) in [5, 5.41) is 6.70. The van der Waals surface area contributed by atoms with Crippen LogP contribution >= 0.6 is 0 Å². The lowest BCUT2D eigenvalue weighted by Gasteiger charge is -2.18. The van der Waals surface area contributed by atoms with Crippen LogP contribution in [-0.4, -0.2) is 40.1 Å². The molecule has 0 aliphatic carbocycles. The Kier molecular flexibility index (Phi) is 6.88. The van der Waals surface area contributed by atoms with Crippen molar-refractivity contribution in [1.29, 1.82) is 0 Å². The van der Waals surface area contributed by atoms with E-state index in [0.29, 0.717) is 30.6 Å². The molecule has 1 amide bonds. The van der Waals surface area contributed by atoms with Crippen LogP contribution in [0.5, 0.6) is 5.75 Å². The first-order valence-electron chi connectivity index (χ1n) is 8.17. The minimum absolute atomic E-state index is 0.0452. The molecule has 2 aromatic rings. The van der Waals surface area contributed by atoms with Crippen molar-refractivity contribution in [3.8, 4) is 5.75 Å². The minimum Gasteiger partial charge on any atom is -0.485 e. The molecule has 25 heavy (non-hydrogen) atoms. The Hall–Kier alpha value is -2.48. The normalized spacial score (nSPS) is 11.1. The molecule has 0 bridgehead atoms. The molecule has 136 valence electrons. The third kappa shape index (κ3) is 6.50. The lowest BCUT2D eigenvalue weighted by Crippen LogP contribution is -2.39. The third-order valence-electron chi connectivity index (χ3n) is 3.31. The highest BCUT2D eigenvalue weighted by Gasteiger charge is 2.14. The van der Waals surface area contributed by atoms with Crippen LogP contribution in [0, 0.1) is 5.82 Å². The number of carbonyl (C=O) groups is 1. The van der Waals surface area contributed by atoms with E-state index >= 15 is 0 Å². The summed E-state index contributed by atoms with van der Waals surface area (Å²) in [5.41, 5.74) is 0. The van der Waals surface area contributed by atoms with Gasteiger partial charge in [-0.2, -0.15) is 4.98 Å². The highest BCUT2D eigenvalue weighted by atomic mass is 19.1. The second kappa shape index (κ2) is 9.12. The second-order valence-corrected chi connectivity index (χ2v) is 5.87. The fraction of sp³-hybridized carbons (Fsp3) is 0.471. The fourth-order valence-electron chi connectivity index (χ4n) is 2.13. The number of ether oxygens (including phenoxy) is 1. The van der Waals surface area contributed by atoms with E-state index in [1.165, 1.54) is 24.3 Å². The second-order valence-electron chi connectivity index (χ2n) is 5.87. The van der Waals surface area contributed by atoms with E-state index in [4.69, 9.17) is 9.26 Å². The molecule has 0 radical (unpaired) electrons. The van der Waals surface area contributed by atoms with Gasteiger partial charge in [0.25, 0.3) is 0 Å². The topological polar surface area (TPSA) is 80.5 Å². The summed E-state index contributed by atoms with van der Waals surface area (Å²) in [6.07, 6.45) is 0. The monoisotopic (exact) mass is 350 g/mol. The average Bonchev–Trinajstić information content (AvgIpc) is 3.00. The number of benzene rings is 1. The van der Waals surface area contributed by atoms with Gasteiger partial charge < -0.3 is 14.6 Å². The maximum Gasteiger partial charge on any atom is 0.240 e. The lowest BCUT2D eigenvalue weighted by atomic mass is 10.3. The molecule has 2 rings (SSSR count). The predicted octanol–water partition coefficient (Wildman–Crippen LogP) is 2.13. The molecule has 0 atom stereocenters. The molecular formula is C17H23FN4O3. The van der Waals surface area contributed by atoms with Gasteiger partial charge in [0.1, 0.15) is 11.6 Å². The number of hydrogen-bond acceptors (Lipinski definition) is 6. The highest BCUT2D eigenvalue weighted by molar-refractivity contribution is 5.78. The zero-order valence-corrected chi connectivity index (χ0v) is 14.7. The number of hydrogen-bond donors (Lipinski definition) is 1. The van der Waals surface area contributed by atoms with Gasteiger partial charge in [-0.1, -0.05) is 12.1 Å². The molecule has 0 spiro atoms. The SMILES string of the molecule is CCN(CC(=O)NC(C)C)Cc1nc(COc2ccc(F)cc2)no1. The zero-order valence-electron chi connectivity index (χ0n) is 14.7. The van der Waals surface area contributed by atoms with E-state index < -0.39 is 0 Å². The Morgan fingerprint density at radius 3 is 2.72 bits per heavy atom. The number of aromatic nitrogens is 2. The smallest absolute Gasteiger partial charge is 0.240 e. The van der Waals surface area contributed by atoms with Crippen molar-refractivity contribution in [2.75, 3.05) is 13.1 Å². The summed E-state index contributed by atoms with van der Waals surface area (Å²) in [6, 6.07) is 5.80. The zero-order chi connectivity index (χ0) is 18.2. The number of nitrogens with one attached hydrogen (secondary N) is 1. The molecular weight excluding hydrogens is 327 g/mol. The van der Waals surface area contributed by atoms with E-state index in [9.17, 15) is 9.18 Å². The number of rotatable bonds is 9. The van der Waals surface area contributed by atoms with Gasteiger partial charge in [-0.15, -0.1) is 0 Å². The Labute approximate surface area is 146 Å².